The smallest absolute Gasteiger partial charge is 0.261 e. The van der Waals surface area contributed by atoms with Crippen LogP contribution in [-0.2, 0) is 10.1 Å². The molecule has 0 radical (unpaired) electrons. The van der Waals surface area contributed by atoms with E-state index in [2.05, 4.69) is 29.2 Å². The number of ether oxygens (including phenoxy) is 1. The first-order valence-electron chi connectivity index (χ1n) is 8.73. The molecule has 0 aromatic heterocycles. The second-order valence-corrected chi connectivity index (χ2v) is 9.90. The molecule has 3 rings (SSSR count). The molecule has 1 N–H and O–H groups in total. The summed E-state index contributed by atoms with van der Waals surface area (Å²) < 4.78 is 30.9. The lowest BCUT2D eigenvalue weighted by Crippen LogP contribution is -2.19. The number of hydrogen-bond acceptors (Lipinski definition) is 4. The fourth-order valence-corrected chi connectivity index (χ4v) is 3.82. The van der Waals surface area contributed by atoms with Crippen LogP contribution in [0, 0.1) is 0 Å². The highest BCUT2D eigenvalue weighted by molar-refractivity contribution is 7.85. The third-order valence-corrected chi connectivity index (χ3v) is 5.20. The molecule has 1 aliphatic carbocycles. The van der Waals surface area contributed by atoms with Gasteiger partial charge < -0.3 is 9.64 Å². The van der Waals surface area contributed by atoms with Crippen molar-refractivity contribution in [2.24, 2.45) is 0 Å². The zero-order chi connectivity index (χ0) is 20.9. The molecule has 0 aliphatic heterocycles. The van der Waals surface area contributed by atoms with Crippen LogP contribution in [-0.4, -0.2) is 55.7 Å². The second kappa shape index (κ2) is 9.46. The van der Waals surface area contributed by atoms with Crippen molar-refractivity contribution >= 4 is 33.3 Å². The highest BCUT2D eigenvalue weighted by Gasteiger charge is 2.64. The molecule has 1 aliphatic rings. The van der Waals surface area contributed by atoms with Crippen molar-refractivity contribution in [2.45, 2.75) is 16.2 Å². The molecule has 1 saturated carbocycles. The molecule has 28 heavy (non-hydrogen) atoms. The molecule has 2 unspecified atom stereocenters. The molecular weight excluding hydrogens is 421 g/mol. The maximum atomic E-state index is 9.19. The Balaban J connectivity index is 0.000000500. The summed E-state index contributed by atoms with van der Waals surface area (Å²) >= 11 is 13.1. The molecule has 0 bridgehead atoms. The van der Waals surface area contributed by atoms with Crippen molar-refractivity contribution in [1.82, 2.24) is 4.90 Å². The molecule has 5 nitrogen and oxygen atoms in total. The van der Waals surface area contributed by atoms with Crippen molar-refractivity contribution in [2.75, 3.05) is 33.5 Å². The molecule has 1 fully saturated rings. The molecular formula is C20H25Cl2NO4S. The summed E-state index contributed by atoms with van der Waals surface area (Å²) in [4.78, 5) is 2.10. The average molecular weight is 446 g/mol. The molecule has 8 heteroatoms. The first kappa shape index (κ1) is 23.0. The minimum Gasteiger partial charge on any atom is -0.492 e. The number of halogens is 2. The van der Waals surface area contributed by atoms with Crippen LogP contribution in [0.4, 0.5) is 0 Å². The van der Waals surface area contributed by atoms with Gasteiger partial charge in [0.05, 0.1) is 6.26 Å². The second-order valence-electron chi connectivity index (χ2n) is 6.99. The van der Waals surface area contributed by atoms with Crippen molar-refractivity contribution in [1.29, 1.82) is 0 Å². The van der Waals surface area contributed by atoms with E-state index < -0.39 is 14.5 Å². The van der Waals surface area contributed by atoms with Crippen LogP contribution in [0.2, 0.25) is 0 Å². The third-order valence-electron chi connectivity index (χ3n) is 4.26. The van der Waals surface area contributed by atoms with Gasteiger partial charge in [0.2, 0.25) is 0 Å². The zero-order valence-corrected chi connectivity index (χ0v) is 18.4. The molecule has 0 amide bonds. The number of alkyl halides is 2. The fourth-order valence-electron chi connectivity index (χ4n) is 2.93. The highest BCUT2D eigenvalue weighted by Crippen LogP contribution is 2.70. The lowest BCUT2D eigenvalue weighted by atomic mass is 10.0. The predicted molar refractivity (Wildman–Crippen MR) is 114 cm³/mol. The molecule has 154 valence electrons. The van der Waals surface area contributed by atoms with Gasteiger partial charge in [0.25, 0.3) is 10.1 Å². The normalized spacial score (nSPS) is 20.2. The van der Waals surface area contributed by atoms with Gasteiger partial charge in [-0.3, -0.25) is 4.55 Å². The number of benzene rings is 2. The SMILES string of the molecule is CN(C)CCOc1ccc(C2C(c3ccccc3)C2(Cl)Cl)cc1.CS(=O)(=O)O. The van der Waals surface area contributed by atoms with E-state index in [1.165, 1.54) is 5.56 Å². The largest absolute Gasteiger partial charge is 0.492 e. The molecule has 0 heterocycles. The van der Waals surface area contributed by atoms with E-state index in [1.54, 1.807) is 0 Å². The number of likely N-dealkylation sites (N-methyl/N-ethyl adjacent to an activating group) is 1. The highest BCUT2D eigenvalue weighted by atomic mass is 35.5. The summed E-state index contributed by atoms with van der Waals surface area (Å²) in [6, 6.07) is 18.4. The van der Waals surface area contributed by atoms with Gasteiger partial charge in [-0.1, -0.05) is 42.5 Å². The zero-order valence-electron chi connectivity index (χ0n) is 16.0. The first-order chi connectivity index (χ1) is 13.0. The number of rotatable bonds is 6. The van der Waals surface area contributed by atoms with Gasteiger partial charge in [0.15, 0.2) is 0 Å². The molecule has 2 atom stereocenters. The van der Waals surface area contributed by atoms with Gasteiger partial charge in [-0.2, -0.15) is 8.42 Å². The Morgan fingerprint density at radius 2 is 1.46 bits per heavy atom. The summed E-state index contributed by atoms with van der Waals surface area (Å²) in [5.41, 5.74) is 2.35. The van der Waals surface area contributed by atoms with Crippen molar-refractivity contribution in [3.05, 3.63) is 65.7 Å². The Hall–Kier alpha value is -1.31. The summed E-state index contributed by atoms with van der Waals surface area (Å²) in [6.45, 7) is 1.57. The Kier molecular flexibility index (Phi) is 7.76. The van der Waals surface area contributed by atoms with Crippen LogP contribution in [0.25, 0.3) is 0 Å². The van der Waals surface area contributed by atoms with Gasteiger partial charge in [-0.25, -0.2) is 0 Å². The van der Waals surface area contributed by atoms with Gasteiger partial charge in [0, 0.05) is 18.4 Å². The monoisotopic (exact) mass is 445 g/mol. The molecule has 0 spiro atoms. The van der Waals surface area contributed by atoms with Crippen LogP contribution in [0.5, 0.6) is 5.75 Å². The standard InChI is InChI=1S/C19H21Cl2NO.CH4O3S/c1-22(2)12-13-23-16-10-8-15(9-11-16)18-17(19(18,20)21)14-6-4-3-5-7-14;1-5(2,3)4/h3-11,17-18H,12-13H2,1-2H3;1H3,(H,2,3,4). The fraction of sp³-hybridized carbons (Fsp3) is 0.400. The summed E-state index contributed by atoms with van der Waals surface area (Å²) in [5, 5.41) is 0. The van der Waals surface area contributed by atoms with E-state index in [0.29, 0.717) is 12.9 Å². The van der Waals surface area contributed by atoms with Gasteiger partial charge in [-0.15, -0.1) is 23.2 Å². The maximum absolute atomic E-state index is 9.19. The van der Waals surface area contributed by atoms with Crippen molar-refractivity contribution in [3.8, 4) is 5.75 Å². The minimum absolute atomic E-state index is 0.129. The van der Waals surface area contributed by atoms with Crippen LogP contribution < -0.4 is 4.74 Å². The van der Waals surface area contributed by atoms with Crippen molar-refractivity contribution in [3.63, 3.8) is 0 Å². The lowest BCUT2D eigenvalue weighted by Gasteiger charge is -2.11. The van der Waals surface area contributed by atoms with E-state index >= 15 is 0 Å². The predicted octanol–water partition coefficient (Wildman–Crippen LogP) is 4.19. The van der Waals surface area contributed by atoms with Crippen molar-refractivity contribution < 1.29 is 17.7 Å². The van der Waals surface area contributed by atoms with Crippen LogP contribution in [0.15, 0.2) is 54.6 Å². The topological polar surface area (TPSA) is 66.8 Å². The van der Waals surface area contributed by atoms with Gasteiger partial charge >= 0.3 is 0 Å². The summed E-state index contributed by atoms with van der Waals surface area (Å²) in [6.07, 6.45) is 0.715. The average Bonchev–Trinajstić information content (AvgIpc) is 3.17. The Labute approximate surface area is 177 Å². The molecule has 2 aromatic rings. The van der Waals surface area contributed by atoms with Gasteiger partial charge in [-0.05, 0) is 37.4 Å². The van der Waals surface area contributed by atoms with Crippen LogP contribution >= 0.6 is 23.2 Å². The minimum atomic E-state index is -3.67. The van der Waals surface area contributed by atoms with E-state index in [4.69, 9.17) is 32.5 Å². The maximum Gasteiger partial charge on any atom is 0.261 e. The quantitative estimate of drug-likeness (QED) is 0.533. The van der Waals surface area contributed by atoms with E-state index in [-0.39, 0.29) is 11.8 Å². The van der Waals surface area contributed by atoms with E-state index in [1.807, 2.05) is 44.4 Å². The van der Waals surface area contributed by atoms with E-state index in [0.717, 1.165) is 17.9 Å². The van der Waals surface area contributed by atoms with Gasteiger partial charge in [0.1, 0.15) is 16.7 Å². The number of hydrogen-bond donors (Lipinski definition) is 1. The van der Waals surface area contributed by atoms with Crippen LogP contribution in [0.1, 0.15) is 23.0 Å². The molecule has 2 aromatic carbocycles. The summed E-state index contributed by atoms with van der Waals surface area (Å²) in [7, 11) is 0.396. The van der Waals surface area contributed by atoms with Crippen LogP contribution in [0.3, 0.4) is 0 Å². The third kappa shape index (κ3) is 6.94. The number of nitrogens with zero attached hydrogens (tertiary/aromatic N) is 1. The Morgan fingerprint density at radius 3 is 1.93 bits per heavy atom. The molecule has 0 saturated heterocycles. The summed E-state index contributed by atoms with van der Waals surface area (Å²) in [5.74, 6) is 1.15. The first-order valence-corrected chi connectivity index (χ1v) is 11.3. The van der Waals surface area contributed by atoms with E-state index in [9.17, 15) is 8.42 Å². The Morgan fingerprint density at radius 1 is 1.00 bits per heavy atom. The Bertz CT molecular complexity index is 848. The lowest BCUT2D eigenvalue weighted by molar-refractivity contribution is 0.261.